The van der Waals surface area contributed by atoms with Gasteiger partial charge in [0, 0.05) is 20.6 Å². The van der Waals surface area contributed by atoms with Crippen LogP contribution < -0.4 is 10.0 Å². The predicted octanol–water partition coefficient (Wildman–Crippen LogP) is 2.22. The largest absolute Gasteiger partial charge is 0.380 e. The molecule has 0 radical (unpaired) electrons. The molecule has 7 heteroatoms. The first-order valence-electron chi connectivity index (χ1n) is 6.82. The van der Waals surface area contributed by atoms with Crippen molar-refractivity contribution in [3.05, 3.63) is 53.7 Å². The normalized spacial score (nSPS) is 11.5. The molecule has 2 N–H and O–H groups in total. The molecule has 6 nitrogen and oxygen atoms in total. The lowest BCUT2D eigenvalue weighted by Crippen LogP contribution is -2.29. The van der Waals surface area contributed by atoms with Crippen LogP contribution in [-0.2, 0) is 16.8 Å². The van der Waals surface area contributed by atoms with Crippen molar-refractivity contribution in [2.75, 3.05) is 24.1 Å². The van der Waals surface area contributed by atoms with Gasteiger partial charge in [0.25, 0.3) is 0 Å². The molecular weight excluding hydrogens is 300 g/mol. The van der Waals surface area contributed by atoms with Crippen LogP contribution in [0.25, 0.3) is 0 Å². The molecule has 1 aromatic heterocycles. The van der Waals surface area contributed by atoms with E-state index in [2.05, 4.69) is 46.2 Å². The highest BCUT2D eigenvalue weighted by Gasteiger charge is 2.13. The fourth-order valence-electron chi connectivity index (χ4n) is 1.69. The number of pyridine rings is 1. The summed E-state index contributed by atoms with van der Waals surface area (Å²) >= 11 is 0. The summed E-state index contributed by atoms with van der Waals surface area (Å²) < 4.78 is 26.8. The number of anilines is 2. The highest BCUT2D eigenvalue weighted by molar-refractivity contribution is 7.90. The van der Waals surface area contributed by atoms with Crippen LogP contribution >= 0.6 is 0 Å². The molecule has 1 heterocycles. The molecule has 0 unspecified atom stereocenters. The van der Waals surface area contributed by atoms with Gasteiger partial charge in [0.05, 0.1) is 11.9 Å². The second kappa shape index (κ2) is 6.76. The molecule has 118 valence electrons. The van der Waals surface area contributed by atoms with Crippen LogP contribution in [-0.4, -0.2) is 31.8 Å². The van der Waals surface area contributed by atoms with Crippen LogP contribution in [0.1, 0.15) is 11.1 Å². The lowest BCUT2D eigenvalue weighted by atomic mass is 10.1. The maximum atomic E-state index is 11.7. The Morgan fingerprint density at radius 3 is 2.32 bits per heavy atom. The molecule has 2 aromatic rings. The van der Waals surface area contributed by atoms with Gasteiger partial charge in [-0.2, -0.15) is 12.7 Å². The van der Waals surface area contributed by atoms with Crippen molar-refractivity contribution < 1.29 is 8.42 Å². The van der Waals surface area contributed by atoms with Gasteiger partial charge < -0.3 is 5.32 Å². The maximum Gasteiger partial charge on any atom is 0.302 e. The van der Waals surface area contributed by atoms with Gasteiger partial charge in [0.2, 0.25) is 0 Å². The summed E-state index contributed by atoms with van der Waals surface area (Å²) in [5, 5.41) is 3.24. The molecule has 0 bridgehead atoms. The number of benzene rings is 1. The van der Waals surface area contributed by atoms with Gasteiger partial charge in [-0.15, -0.1) is 0 Å². The van der Waals surface area contributed by atoms with E-state index >= 15 is 0 Å². The van der Waals surface area contributed by atoms with Gasteiger partial charge in [-0.25, -0.2) is 4.98 Å². The van der Waals surface area contributed by atoms with Crippen LogP contribution in [0, 0.1) is 6.92 Å². The molecule has 22 heavy (non-hydrogen) atoms. The van der Waals surface area contributed by atoms with Crippen molar-refractivity contribution in [2.24, 2.45) is 0 Å². The fourth-order valence-corrected chi connectivity index (χ4v) is 2.26. The van der Waals surface area contributed by atoms with Crippen LogP contribution in [0.2, 0.25) is 0 Å². The van der Waals surface area contributed by atoms with Crippen molar-refractivity contribution in [1.29, 1.82) is 0 Å². The molecule has 0 amide bonds. The Bertz CT molecular complexity index is 710. The Labute approximate surface area is 131 Å². The molecular formula is C15H20N4O2S. The van der Waals surface area contributed by atoms with Crippen LogP contribution in [0.3, 0.4) is 0 Å². The summed E-state index contributed by atoms with van der Waals surface area (Å²) in [6.45, 7) is 2.74. The van der Waals surface area contributed by atoms with Gasteiger partial charge in [-0.05, 0) is 24.6 Å². The molecule has 1 aromatic carbocycles. The molecule has 0 aliphatic heterocycles. The van der Waals surface area contributed by atoms with E-state index in [1.807, 2.05) is 0 Å². The fraction of sp³-hybridized carbons (Fsp3) is 0.267. The third-order valence-corrected chi connectivity index (χ3v) is 4.52. The summed E-state index contributed by atoms with van der Waals surface area (Å²) in [7, 11) is -0.607. The molecule has 0 saturated heterocycles. The van der Waals surface area contributed by atoms with Gasteiger partial charge >= 0.3 is 10.2 Å². The van der Waals surface area contributed by atoms with Gasteiger partial charge in [-0.1, -0.05) is 29.8 Å². The van der Waals surface area contributed by atoms with E-state index in [0.717, 1.165) is 9.99 Å². The summed E-state index contributed by atoms with van der Waals surface area (Å²) in [4.78, 5) is 4.09. The third kappa shape index (κ3) is 4.44. The zero-order valence-corrected chi connectivity index (χ0v) is 13.7. The predicted molar refractivity (Wildman–Crippen MR) is 89.0 cm³/mol. The zero-order valence-electron chi connectivity index (χ0n) is 12.9. The van der Waals surface area contributed by atoms with E-state index in [0.29, 0.717) is 6.54 Å². The molecule has 0 aliphatic carbocycles. The lowest BCUT2D eigenvalue weighted by Gasteiger charge is -2.13. The lowest BCUT2D eigenvalue weighted by molar-refractivity contribution is 0.526. The molecule has 0 saturated carbocycles. The van der Waals surface area contributed by atoms with Crippen LogP contribution in [0.5, 0.6) is 0 Å². The number of hydrogen-bond donors (Lipinski definition) is 2. The first-order valence-corrected chi connectivity index (χ1v) is 8.26. The Morgan fingerprint density at radius 2 is 1.77 bits per heavy atom. The Kier molecular flexibility index (Phi) is 4.99. The molecule has 2 rings (SSSR count). The van der Waals surface area contributed by atoms with Crippen molar-refractivity contribution in [3.63, 3.8) is 0 Å². The highest BCUT2D eigenvalue weighted by Crippen LogP contribution is 2.13. The monoisotopic (exact) mass is 320 g/mol. The topological polar surface area (TPSA) is 74.3 Å². The smallest absolute Gasteiger partial charge is 0.302 e. The summed E-state index contributed by atoms with van der Waals surface area (Å²) in [6, 6.07) is 11.7. The first kappa shape index (κ1) is 16.3. The Morgan fingerprint density at radius 1 is 1.09 bits per heavy atom. The summed E-state index contributed by atoms with van der Waals surface area (Å²) in [5.74, 6) is 0.287. The average molecular weight is 320 g/mol. The maximum absolute atomic E-state index is 11.7. The second-order valence-electron chi connectivity index (χ2n) is 5.16. The van der Waals surface area contributed by atoms with Crippen LogP contribution in [0.4, 0.5) is 11.5 Å². The number of rotatable bonds is 6. The summed E-state index contributed by atoms with van der Waals surface area (Å²) in [5.41, 5.74) is 3.22. The van der Waals surface area contributed by atoms with E-state index in [1.54, 1.807) is 18.3 Å². The van der Waals surface area contributed by atoms with E-state index in [4.69, 9.17) is 0 Å². The Balaban J connectivity index is 1.96. The first-order chi connectivity index (χ1) is 10.4. The number of nitrogens with zero attached hydrogens (tertiary/aromatic N) is 2. The number of nitrogens with one attached hydrogen (secondary N) is 2. The minimum Gasteiger partial charge on any atom is -0.380 e. The molecule has 0 fully saturated rings. The quantitative estimate of drug-likeness (QED) is 0.856. The molecule has 0 spiro atoms. The third-order valence-electron chi connectivity index (χ3n) is 3.09. The van der Waals surface area contributed by atoms with Crippen molar-refractivity contribution in [1.82, 2.24) is 9.29 Å². The zero-order chi connectivity index (χ0) is 16.2. The highest BCUT2D eigenvalue weighted by atomic mass is 32.2. The van der Waals surface area contributed by atoms with Gasteiger partial charge in [0.15, 0.2) is 0 Å². The average Bonchev–Trinajstić information content (AvgIpc) is 2.48. The molecule has 0 atom stereocenters. The van der Waals surface area contributed by atoms with E-state index < -0.39 is 10.2 Å². The van der Waals surface area contributed by atoms with Gasteiger partial charge in [0.1, 0.15) is 5.82 Å². The summed E-state index contributed by atoms with van der Waals surface area (Å²) in [6.07, 6.45) is 1.60. The minimum absolute atomic E-state index is 0.287. The number of hydrogen-bond acceptors (Lipinski definition) is 4. The Hall–Kier alpha value is -2.12. The van der Waals surface area contributed by atoms with Crippen molar-refractivity contribution in [3.8, 4) is 0 Å². The SMILES string of the molecule is Cc1ccc(CNc2ccc(NS(=O)(=O)N(C)C)nc2)cc1. The standard InChI is InChI=1S/C15H20N4O2S/c1-12-4-6-13(7-5-12)10-16-14-8-9-15(17-11-14)18-22(20,21)19(2)3/h4-9,11,16H,10H2,1-3H3,(H,17,18). The van der Waals surface area contributed by atoms with Gasteiger partial charge in [-0.3, -0.25) is 4.72 Å². The number of aromatic nitrogens is 1. The van der Waals surface area contributed by atoms with Crippen LogP contribution in [0.15, 0.2) is 42.6 Å². The minimum atomic E-state index is -3.52. The van der Waals surface area contributed by atoms with Crippen molar-refractivity contribution in [2.45, 2.75) is 13.5 Å². The van der Waals surface area contributed by atoms with E-state index in [9.17, 15) is 8.42 Å². The molecule has 0 aliphatic rings. The van der Waals surface area contributed by atoms with E-state index in [1.165, 1.54) is 25.2 Å². The second-order valence-corrected chi connectivity index (χ2v) is 7.05. The van der Waals surface area contributed by atoms with E-state index in [-0.39, 0.29) is 5.82 Å². The van der Waals surface area contributed by atoms with Crippen molar-refractivity contribution >= 4 is 21.7 Å². The number of aryl methyl sites for hydroxylation is 1.